The summed E-state index contributed by atoms with van der Waals surface area (Å²) in [6.07, 6.45) is 0.729. The number of carbonyl (C=O) groups excluding carboxylic acids is 2. The number of hydrogen-bond donors (Lipinski definition) is 0. The first kappa shape index (κ1) is 19.9. The molecule has 148 valence electrons. The molecule has 0 spiro atoms. The molecule has 2 aromatic carbocycles. The molecule has 1 heterocycles. The number of fused-ring (bicyclic) bond motifs is 1. The molecule has 0 aromatic heterocycles. The number of amides is 2. The van der Waals surface area contributed by atoms with E-state index in [2.05, 4.69) is 11.8 Å². The Morgan fingerprint density at radius 2 is 1.57 bits per heavy atom. The summed E-state index contributed by atoms with van der Waals surface area (Å²) in [4.78, 5) is 28.5. The zero-order valence-corrected chi connectivity index (χ0v) is 16.6. The first-order valence-corrected chi connectivity index (χ1v) is 9.47. The maximum atomic E-state index is 12.4. The maximum Gasteiger partial charge on any atom is 0.261 e. The predicted molar refractivity (Wildman–Crippen MR) is 107 cm³/mol. The highest BCUT2D eigenvalue weighted by atomic mass is 16.5. The van der Waals surface area contributed by atoms with Crippen molar-refractivity contribution in [3.63, 3.8) is 0 Å². The molecular weight excluding hydrogens is 356 g/mol. The van der Waals surface area contributed by atoms with Crippen LogP contribution in [0.3, 0.4) is 0 Å². The lowest BCUT2D eigenvalue weighted by molar-refractivity contribution is 0.0647. The minimum atomic E-state index is -0.191. The molecule has 0 radical (unpaired) electrons. The number of benzene rings is 2. The molecule has 1 aliphatic heterocycles. The van der Waals surface area contributed by atoms with Gasteiger partial charge in [0, 0.05) is 19.6 Å². The van der Waals surface area contributed by atoms with Gasteiger partial charge in [-0.15, -0.1) is 0 Å². The van der Waals surface area contributed by atoms with Crippen LogP contribution in [0.15, 0.2) is 42.5 Å². The zero-order chi connectivity index (χ0) is 20.1. The van der Waals surface area contributed by atoms with E-state index in [9.17, 15) is 9.59 Å². The molecular formula is C22H26N2O4. The van der Waals surface area contributed by atoms with Gasteiger partial charge in [0.1, 0.15) is 0 Å². The van der Waals surface area contributed by atoms with E-state index >= 15 is 0 Å². The molecule has 0 saturated heterocycles. The minimum Gasteiger partial charge on any atom is -0.493 e. The van der Waals surface area contributed by atoms with E-state index in [0.717, 1.165) is 31.6 Å². The molecule has 0 saturated carbocycles. The van der Waals surface area contributed by atoms with E-state index in [1.54, 1.807) is 38.5 Å². The fraction of sp³-hybridized carbons (Fsp3) is 0.364. The van der Waals surface area contributed by atoms with Crippen LogP contribution in [-0.2, 0) is 6.54 Å². The standard InChI is InChI=1S/C22H26N2O4/c1-4-23(15-16-10-11-19(27-2)20(14-16)28-3)12-7-13-24-21(25)17-8-5-6-9-18(17)22(24)26/h5-6,8-11,14H,4,7,12-13,15H2,1-3H3. The monoisotopic (exact) mass is 382 g/mol. The Morgan fingerprint density at radius 3 is 2.14 bits per heavy atom. The van der Waals surface area contributed by atoms with Gasteiger partial charge in [0.05, 0.1) is 25.3 Å². The van der Waals surface area contributed by atoms with Crippen molar-refractivity contribution >= 4 is 11.8 Å². The third-order valence-electron chi connectivity index (χ3n) is 5.04. The number of carbonyl (C=O) groups is 2. The van der Waals surface area contributed by atoms with Gasteiger partial charge in [-0.3, -0.25) is 19.4 Å². The van der Waals surface area contributed by atoms with Crippen molar-refractivity contribution in [2.45, 2.75) is 19.9 Å². The summed E-state index contributed by atoms with van der Waals surface area (Å²) in [5.41, 5.74) is 2.13. The number of imide groups is 1. The number of methoxy groups -OCH3 is 2. The first-order chi connectivity index (χ1) is 13.6. The van der Waals surface area contributed by atoms with Crippen LogP contribution >= 0.6 is 0 Å². The third kappa shape index (κ3) is 4.02. The molecule has 0 atom stereocenters. The fourth-order valence-corrected chi connectivity index (χ4v) is 3.48. The fourth-order valence-electron chi connectivity index (χ4n) is 3.48. The Bertz CT molecular complexity index is 830. The van der Waals surface area contributed by atoms with Gasteiger partial charge in [0.2, 0.25) is 0 Å². The van der Waals surface area contributed by atoms with E-state index in [-0.39, 0.29) is 11.8 Å². The summed E-state index contributed by atoms with van der Waals surface area (Å²) in [5.74, 6) is 1.04. The van der Waals surface area contributed by atoms with E-state index in [4.69, 9.17) is 9.47 Å². The van der Waals surface area contributed by atoms with Gasteiger partial charge in [-0.2, -0.15) is 0 Å². The zero-order valence-electron chi connectivity index (χ0n) is 16.6. The van der Waals surface area contributed by atoms with Gasteiger partial charge in [-0.05, 0) is 42.8 Å². The van der Waals surface area contributed by atoms with E-state index in [1.807, 2.05) is 18.2 Å². The first-order valence-electron chi connectivity index (χ1n) is 9.47. The highest BCUT2D eigenvalue weighted by molar-refractivity contribution is 6.21. The largest absolute Gasteiger partial charge is 0.493 e. The van der Waals surface area contributed by atoms with Crippen molar-refractivity contribution in [1.29, 1.82) is 0 Å². The third-order valence-corrected chi connectivity index (χ3v) is 5.04. The molecule has 28 heavy (non-hydrogen) atoms. The average molecular weight is 382 g/mol. The van der Waals surface area contributed by atoms with Crippen LogP contribution in [-0.4, -0.2) is 55.5 Å². The summed E-state index contributed by atoms with van der Waals surface area (Å²) in [6.45, 7) is 4.95. The lowest BCUT2D eigenvalue weighted by Gasteiger charge is -2.22. The van der Waals surface area contributed by atoms with Crippen LogP contribution in [0.2, 0.25) is 0 Å². The molecule has 1 aliphatic rings. The second-order valence-electron chi connectivity index (χ2n) is 6.72. The van der Waals surface area contributed by atoms with Crippen molar-refractivity contribution < 1.29 is 19.1 Å². The summed E-state index contributed by atoms with van der Waals surface area (Å²) in [7, 11) is 3.25. The van der Waals surface area contributed by atoms with E-state index in [1.165, 1.54) is 4.90 Å². The highest BCUT2D eigenvalue weighted by Gasteiger charge is 2.34. The summed E-state index contributed by atoms with van der Waals surface area (Å²) in [5, 5.41) is 0. The second-order valence-corrected chi connectivity index (χ2v) is 6.72. The van der Waals surface area contributed by atoms with Gasteiger partial charge >= 0.3 is 0 Å². The summed E-state index contributed by atoms with van der Waals surface area (Å²) in [6, 6.07) is 12.9. The normalized spacial score (nSPS) is 13.2. The molecule has 6 heteroatoms. The topological polar surface area (TPSA) is 59.1 Å². The van der Waals surface area contributed by atoms with Crippen molar-refractivity contribution in [2.24, 2.45) is 0 Å². The Labute approximate surface area is 165 Å². The molecule has 0 N–H and O–H groups in total. The van der Waals surface area contributed by atoms with Crippen LogP contribution in [0.5, 0.6) is 11.5 Å². The van der Waals surface area contributed by atoms with Crippen molar-refractivity contribution in [3.8, 4) is 11.5 Å². The van der Waals surface area contributed by atoms with Gasteiger partial charge in [-0.1, -0.05) is 25.1 Å². The van der Waals surface area contributed by atoms with Gasteiger partial charge in [0.25, 0.3) is 11.8 Å². The highest BCUT2D eigenvalue weighted by Crippen LogP contribution is 2.28. The average Bonchev–Trinajstić information content (AvgIpc) is 2.97. The van der Waals surface area contributed by atoms with Crippen LogP contribution in [0.25, 0.3) is 0 Å². The van der Waals surface area contributed by atoms with Crippen molar-refractivity contribution in [3.05, 3.63) is 59.2 Å². The molecule has 0 bridgehead atoms. The number of rotatable bonds is 9. The van der Waals surface area contributed by atoms with E-state index in [0.29, 0.717) is 29.2 Å². The van der Waals surface area contributed by atoms with Gasteiger partial charge < -0.3 is 9.47 Å². The van der Waals surface area contributed by atoms with Gasteiger partial charge in [0.15, 0.2) is 11.5 Å². The lowest BCUT2D eigenvalue weighted by Crippen LogP contribution is -2.33. The quantitative estimate of drug-likeness (QED) is 0.624. The van der Waals surface area contributed by atoms with Gasteiger partial charge in [-0.25, -0.2) is 0 Å². The molecule has 2 amide bonds. The number of hydrogen-bond acceptors (Lipinski definition) is 5. The smallest absolute Gasteiger partial charge is 0.261 e. The van der Waals surface area contributed by atoms with Crippen LogP contribution in [0.4, 0.5) is 0 Å². The number of nitrogens with zero attached hydrogens (tertiary/aromatic N) is 2. The Hall–Kier alpha value is -2.86. The summed E-state index contributed by atoms with van der Waals surface area (Å²) < 4.78 is 10.7. The minimum absolute atomic E-state index is 0.191. The van der Waals surface area contributed by atoms with Crippen LogP contribution in [0.1, 0.15) is 39.6 Å². The second kappa shape index (κ2) is 8.89. The molecule has 0 aliphatic carbocycles. The SMILES string of the molecule is CCN(CCCN1C(=O)c2ccccc2C1=O)Cc1ccc(OC)c(OC)c1. The molecule has 3 rings (SSSR count). The lowest BCUT2D eigenvalue weighted by atomic mass is 10.1. The number of ether oxygens (including phenoxy) is 2. The van der Waals surface area contributed by atoms with E-state index < -0.39 is 0 Å². The predicted octanol–water partition coefficient (Wildman–Crippen LogP) is 3.21. The Kier molecular flexibility index (Phi) is 6.31. The van der Waals surface area contributed by atoms with Crippen molar-refractivity contribution in [1.82, 2.24) is 9.80 Å². The maximum absolute atomic E-state index is 12.4. The van der Waals surface area contributed by atoms with Crippen LogP contribution < -0.4 is 9.47 Å². The molecule has 2 aromatic rings. The molecule has 0 fully saturated rings. The van der Waals surface area contributed by atoms with Crippen LogP contribution in [0, 0.1) is 0 Å². The van der Waals surface area contributed by atoms with Crippen molar-refractivity contribution in [2.75, 3.05) is 33.9 Å². The Balaban J connectivity index is 1.57. The molecule has 6 nitrogen and oxygen atoms in total. The summed E-state index contributed by atoms with van der Waals surface area (Å²) >= 11 is 0. The Morgan fingerprint density at radius 1 is 0.929 bits per heavy atom. The molecule has 0 unspecified atom stereocenters.